The van der Waals surface area contributed by atoms with Crippen molar-refractivity contribution >= 4 is 17.3 Å². The zero-order chi connectivity index (χ0) is 10.4. The molecule has 0 bridgehead atoms. The maximum Gasteiger partial charge on any atom is 0.334 e. The highest BCUT2D eigenvalue weighted by atomic mass is 32.1. The zero-order valence-corrected chi connectivity index (χ0v) is 9.17. The van der Waals surface area contributed by atoms with Gasteiger partial charge in [-0.1, -0.05) is 6.07 Å². The molecule has 0 aromatic carbocycles. The maximum absolute atomic E-state index is 11.0. The molecule has 78 valence electrons. The third kappa shape index (κ3) is 3.47. The summed E-state index contributed by atoms with van der Waals surface area (Å²) in [5.41, 5.74) is 0. The van der Waals surface area contributed by atoms with E-state index in [9.17, 15) is 4.79 Å². The van der Waals surface area contributed by atoms with E-state index in [4.69, 9.17) is 4.74 Å². The van der Waals surface area contributed by atoms with Gasteiger partial charge >= 0.3 is 5.97 Å². The van der Waals surface area contributed by atoms with Crippen LogP contribution in [-0.2, 0) is 20.7 Å². The van der Waals surface area contributed by atoms with Gasteiger partial charge in [0, 0.05) is 11.3 Å². The quantitative estimate of drug-likeness (QED) is 0.702. The highest BCUT2D eigenvalue weighted by Crippen LogP contribution is 2.09. The normalized spacial score (nSPS) is 12.4. The van der Waals surface area contributed by atoms with Crippen LogP contribution >= 0.6 is 11.3 Å². The SMILES string of the molecule is COC(=O)[C@@H](C)OCCc1cccs1. The van der Waals surface area contributed by atoms with Crippen LogP contribution in [0.25, 0.3) is 0 Å². The molecule has 1 rings (SSSR count). The van der Waals surface area contributed by atoms with Crippen LogP contribution in [0, 0.1) is 0 Å². The van der Waals surface area contributed by atoms with E-state index >= 15 is 0 Å². The summed E-state index contributed by atoms with van der Waals surface area (Å²) in [4.78, 5) is 12.2. The van der Waals surface area contributed by atoms with Gasteiger partial charge < -0.3 is 9.47 Å². The van der Waals surface area contributed by atoms with Crippen LogP contribution in [0.3, 0.4) is 0 Å². The molecule has 4 heteroatoms. The number of thiophene rings is 1. The van der Waals surface area contributed by atoms with Crippen LogP contribution in [0.15, 0.2) is 17.5 Å². The Morgan fingerprint density at radius 2 is 2.43 bits per heavy atom. The molecule has 0 N–H and O–H groups in total. The third-order valence-corrected chi connectivity index (χ3v) is 2.77. The summed E-state index contributed by atoms with van der Waals surface area (Å²) in [6, 6.07) is 4.06. The van der Waals surface area contributed by atoms with Gasteiger partial charge in [0.1, 0.15) is 0 Å². The maximum atomic E-state index is 11.0. The Kier molecular flexibility index (Phi) is 4.62. The second-order valence-electron chi connectivity index (χ2n) is 2.87. The zero-order valence-electron chi connectivity index (χ0n) is 8.36. The fourth-order valence-corrected chi connectivity index (χ4v) is 1.72. The monoisotopic (exact) mass is 214 g/mol. The third-order valence-electron chi connectivity index (χ3n) is 1.83. The summed E-state index contributed by atoms with van der Waals surface area (Å²) >= 11 is 1.69. The van der Waals surface area contributed by atoms with Gasteiger partial charge in [0.15, 0.2) is 6.10 Å². The lowest BCUT2D eigenvalue weighted by atomic mass is 10.3. The largest absolute Gasteiger partial charge is 0.467 e. The molecule has 0 amide bonds. The number of esters is 1. The fraction of sp³-hybridized carbons (Fsp3) is 0.500. The number of ether oxygens (including phenoxy) is 2. The first-order valence-corrected chi connectivity index (χ1v) is 5.34. The molecule has 1 heterocycles. The van der Waals surface area contributed by atoms with Gasteiger partial charge in [-0.15, -0.1) is 11.3 Å². The lowest BCUT2D eigenvalue weighted by Crippen LogP contribution is -2.22. The number of rotatable bonds is 5. The lowest BCUT2D eigenvalue weighted by molar-refractivity contribution is -0.152. The highest BCUT2D eigenvalue weighted by Gasteiger charge is 2.12. The van der Waals surface area contributed by atoms with Crippen LogP contribution in [-0.4, -0.2) is 25.8 Å². The smallest absolute Gasteiger partial charge is 0.334 e. The molecule has 0 saturated carbocycles. The molecule has 0 spiro atoms. The van der Waals surface area contributed by atoms with Gasteiger partial charge in [-0.25, -0.2) is 4.79 Å². The molecule has 0 aliphatic carbocycles. The van der Waals surface area contributed by atoms with Gasteiger partial charge in [0.2, 0.25) is 0 Å². The molecule has 0 aliphatic heterocycles. The van der Waals surface area contributed by atoms with Crippen molar-refractivity contribution in [1.82, 2.24) is 0 Å². The molecular formula is C10H14O3S. The Morgan fingerprint density at radius 3 is 3.00 bits per heavy atom. The van der Waals surface area contributed by atoms with Gasteiger partial charge in [-0.05, 0) is 18.4 Å². The molecule has 14 heavy (non-hydrogen) atoms. The summed E-state index contributed by atoms with van der Waals surface area (Å²) in [5, 5.41) is 2.03. The topological polar surface area (TPSA) is 35.5 Å². The lowest BCUT2D eigenvalue weighted by Gasteiger charge is -2.09. The van der Waals surface area contributed by atoms with Gasteiger partial charge in [0.05, 0.1) is 13.7 Å². The average Bonchev–Trinajstić information content (AvgIpc) is 2.69. The standard InChI is InChI=1S/C10H14O3S/c1-8(10(11)12-2)13-6-5-9-4-3-7-14-9/h3-4,7-8H,5-6H2,1-2H3/t8-/m1/s1. The Balaban J connectivity index is 2.18. The molecule has 1 aromatic rings. The van der Waals surface area contributed by atoms with Gasteiger partial charge in [0.25, 0.3) is 0 Å². The molecule has 0 aliphatic rings. The average molecular weight is 214 g/mol. The summed E-state index contributed by atoms with van der Waals surface area (Å²) in [7, 11) is 1.36. The number of carbonyl (C=O) groups is 1. The Labute approximate surface area is 87.7 Å². The Bertz CT molecular complexity index is 269. The van der Waals surface area contributed by atoms with E-state index in [1.165, 1.54) is 12.0 Å². The molecule has 1 atom stereocenters. The summed E-state index contributed by atoms with van der Waals surface area (Å²) in [6.07, 6.45) is 0.374. The van der Waals surface area contributed by atoms with Crippen LogP contribution in [0.2, 0.25) is 0 Å². The first-order chi connectivity index (χ1) is 6.74. The van der Waals surface area contributed by atoms with Crippen LogP contribution in [0.4, 0.5) is 0 Å². The fourth-order valence-electron chi connectivity index (χ4n) is 1.03. The summed E-state index contributed by atoms with van der Waals surface area (Å²) < 4.78 is 9.84. The first kappa shape index (κ1) is 11.2. The van der Waals surface area contributed by atoms with Crippen molar-refractivity contribution in [2.45, 2.75) is 19.4 Å². The van der Waals surface area contributed by atoms with Crippen molar-refractivity contribution in [1.29, 1.82) is 0 Å². The summed E-state index contributed by atoms with van der Waals surface area (Å²) in [5.74, 6) is -0.323. The van der Waals surface area contributed by atoms with Crippen molar-refractivity contribution in [2.75, 3.05) is 13.7 Å². The number of carbonyl (C=O) groups excluding carboxylic acids is 1. The Hall–Kier alpha value is -0.870. The number of hydrogen-bond acceptors (Lipinski definition) is 4. The molecule has 0 unspecified atom stereocenters. The minimum atomic E-state index is -0.472. The second-order valence-corrected chi connectivity index (χ2v) is 3.90. The van der Waals surface area contributed by atoms with E-state index in [0.717, 1.165) is 6.42 Å². The van der Waals surface area contributed by atoms with Crippen molar-refractivity contribution in [3.63, 3.8) is 0 Å². The van der Waals surface area contributed by atoms with E-state index in [1.54, 1.807) is 18.3 Å². The molecule has 3 nitrogen and oxygen atoms in total. The molecule has 0 fully saturated rings. The van der Waals surface area contributed by atoms with Crippen LogP contribution in [0.1, 0.15) is 11.8 Å². The number of methoxy groups -OCH3 is 1. The Morgan fingerprint density at radius 1 is 1.64 bits per heavy atom. The summed E-state index contributed by atoms with van der Waals surface area (Å²) in [6.45, 7) is 2.25. The van der Waals surface area contributed by atoms with Crippen molar-refractivity contribution in [2.24, 2.45) is 0 Å². The molecule has 0 saturated heterocycles. The van der Waals surface area contributed by atoms with E-state index in [2.05, 4.69) is 10.8 Å². The second kappa shape index (κ2) is 5.78. The van der Waals surface area contributed by atoms with E-state index < -0.39 is 6.10 Å². The van der Waals surface area contributed by atoms with Crippen molar-refractivity contribution < 1.29 is 14.3 Å². The molecular weight excluding hydrogens is 200 g/mol. The van der Waals surface area contributed by atoms with Gasteiger partial charge in [-0.3, -0.25) is 0 Å². The van der Waals surface area contributed by atoms with Crippen molar-refractivity contribution in [3.8, 4) is 0 Å². The predicted molar refractivity (Wildman–Crippen MR) is 55.5 cm³/mol. The van der Waals surface area contributed by atoms with Crippen molar-refractivity contribution in [3.05, 3.63) is 22.4 Å². The van der Waals surface area contributed by atoms with Crippen LogP contribution in [0.5, 0.6) is 0 Å². The van der Waals surface area contributed by atoms with Gasteiger partial charge in [-0.2, -0.15) is 0 Å². The number of hydrogen-bond donors (Lipinski definition) is 0. The molecule has 0 radical (unpaired) electrons. The van der Waals surface area contributed by atoms with E-state index in [-0.39, 0.29) is 5.97 Å². The van der Waals surface area contributed by atoms with Crippen LogP contribution < -0.4 is 0 Å². The first-order valence-electron chi connectivity index (χ1n) is 4.46. The minimum Gasteiger partial charge on any atom is -0.467 e. The minimum absolute atomic E-state index is 0.323. The highest BCUT2D eigenvalue weighted by molar-refractivity contribution is 7.09. The molecule has 1 aromatic heterocycles. The predicted octanol–water partition coefficient (Wildman–Crippen LogP) is 1.87. The van der Waals surface area contributed by atoms with E-state index in [1.807, 2.05) is 11.4 Å². The van der Waals surface area contributed by atoms with E-state index in [0.29, 0.717) is 6.61 Å².